The predicted molar refractivity (Wildman–Crippen MR) is 108 cm³/mol. The van der Waals surface area contributed by atoms with Crippen LogP contribution in [0.1, 0.15) is 35.0 Å². The number of carbonyl (C=O) groups is 1. The van der Waals surface area contributed by atoms with E-state index in [9.17, 15) is 14.9 Å². The molecule has 0 atom stereocenters. The van der Waals surface area contributed by atoms with Gasteiger partial charge < -0.3 is 5.32 Å². The minimum absolute atomic E-state index is 0.0125. The number of hydrogen-bond donors (Lipinski definition) is 1. The highest BCUT2D eigenvalue weighted by atomic mass is 16.6. The highest BCUT2D eigenvalue weighted by Crippen LogP contribution is 2.25. The van der Waals surface area contributed by atoms with Crippen LogP contribution in [0, 0.1) is 24.0 Å². The molecule has 0 fully saturated rings. The van der Waals surface area contributed by atoms with E-state index < -0.39 is 4.92 Å². The van der Waals surface area contributed by atoms with E-state index in [1.54, 1.807) is 22.9 Å². The number of nitro benzene ring substituents is 1. The first kappa shape index (κ1) is 19.3. The van der Waals surface area contributed by atoms with E-state index in [1.807, 2.05) is 39.0 Å². The first-order valence-electron chi connectivity index (χ1n) is 9.11. The summed E-state index contributed by atoms with van der Waals surface area (Å²) < 4.78 is 1.64. The molecule has 2 aromatic carbocycles. The molecule has 0 aliphatic heterocycles. The fourth-order valence-corrected chi connectivity index (χ4v) is 2.99. The molecule has 28 heavy (non-hydrogen) atoms. The molecule has 144 valence electrons. The molecule has 0 bridgehead atoms. The molecule has 1 N–H and O–H groups in total. The summed E-state index contributed by atoms with van der Waals surface area (Å²) in [5.41, 5.74) is 4.67. The van der Waals surface area contributed by atoms with E-state index in [0.29, 0.717) is 23.5 Å². The van der Waals surface area contributed by atoms with Gasteiger partial charge >= 0.3 is 0 Å². The first-order valence-corrected chi connectivity index (χ1v) is 9.11. The maximum absolute atomic E-state index is 12.7. The molecule has 0 unspecified atom stereocenters. The number of rotatable bonds is 6. The Morgan fingerprint density at radius 2 is 1.86 bits per heavy atom. The summed E-state index contributed by atoms with van der Waals surface area (Å²) in [4.78, 5) is 23.1. The maximum Gasteiger partial charge on any atom is 0.270 e. The molecule has 3 rings (SSSR count). The molecular formula is C21H22N4O3. The van der Waals surface area contributed by atoms with E-state index in [-0.39, 0.29) is 11.6 Å². The van der Waals surface area contributed by atoms with E-state index in [4.69, 9.17) is 0 Å². The molecule has 0 saturated carbocycles. The molecular weight excluding hydrogens is 356 g/mol. The zero-order valence-corrected chi connectivity index (χ0v) is 16.1. The first-order chi connectivity index (χ1) is 13.4. The number of aromatic nitrogens is 2. The van der Waals surface area contributed by atoms with Crippen molar-refractivity contribution in [3.05, 3.63) is 75.5 Å². The van der Waals surface area contributed by atoms with E-state index in [0.717, 1.165) is 23.2 Å². The Morgan fingerprint density at radius 3 is 2.46 bits per heavy atom. The van der Waals surface area contributed by atoms with Gasteiger partial charge in [0.05, 0.1) is 16.3 Å². The lowest BCUT2D eigenvalue weighted by Gasteiger charge is -2.11. The number of benzene rings is 2. The molecule has 0 saturated heterocycles. The Balaban J connectivity index is 2.09. The zero-order valence-electron chi connectivity index (χ0n) is 16.1. The summed E-state index contributed by atoms with van der Waals surface area (Å²) in [5.74, 6) is -0.206. The minimum atomic E-state index is -0.443. The highest BCUT2D eigenvalue weighted by Gasteiger charge is 2.19. The normalized spacial score (nSPS) is 10.7. The van der Waals surface area contributed by atoms with Crippen molar-refractivity contribution in [3.63, 3.8) is 0 Å². The summed E-state index contributed by atoms with van der Waals surface area (Å²) in [7, 11) is 0. The van der Waals surface area contributed by atoms with Crippen LogP contribution in [0.3, 0.4) is 0 Å². The van der Waals surface area contributed by atoms with Gasteiger partial charge in [-0.15, -0.1) is 0 Å². The second-order valence-corrected chi connectivity index (χ2v) is 6.68. The van der Waals surface area contributed by atoms with Gasteiger partial charge in [-0.05, 0) is 50.1 Å². The van der Waals surface area contributed by atoms with Crippen LogP contribution in [0.25, 0.3) is 16.9 Å². The molecule has 0 aliphatic rings. The fourth-order valence-electron chi connectivity index (χ4n) is 2.99. The van der Waals surface area contributed by atoms with Crippen molar-refractivity contribution >= 4 is 11.6 Å². The van der Waals surface area contributed by atoms with Gasteiger partial charge in [-0.3, -0.25) is 14.9 Å². The number of nitrogens with zero attached hydrogens (tertiary/aromatic N) is 3. The maximum atomic E-state index is 12.7. The molecule has 7 heteroatoms. The van der Waals surface area contributed by atoms with Crippen molar-refractivity contribution in [2.45, 2.75) is 27.2 Å². The van der Waals surface area contributed by atoms with Crippen LogP contribution >= 0.6 is 0 Å². The van der Waals surface area contributed by atoms with Crippen molar-refractivity contribution in [1.82, 2.24) is 15.1 Å². The molecule has 7 nitrogen and oxygen atoms in total. The Kier molecular flexibility index (Phi) is 5.54. The number of aryl methyl sites for hydroxylation is 2. The lowest BCUT2D eigenvalue weighted by molar-refractivity contribution is -0.384. The van der Waals surface area contributed by atoms with Crippen LogP contribution in [0.4, 0.5) is 5.69 Å². The monoisotopic (exact) mass is 378 g/mol. The van der Waals surface area contributed by atoms with Crippen LogP contribution in [-0.4, -0.2) is 27.2 Å². The molecule has 0 aliphatic carbocycles. The van der Waals surface area contributed by atoms with Gasteiger partial charge in [-0.2, -0.15) is 5.10 Å². The van der Waals surface area contributed by atoms with Crippen molar-refractivity contribution in [2.75, 3.05) is 6.54 Å². The highest BCUT2D eigenvalue weighted by molar-refractivity contribution is 5.94. The number of carbonyl (C=O) groups excluding carboxylic acids is 1. The van der Waals surface area contributed by atoms with Crippen LogP contribution in [0.15, 0.2) is 48.5 Å². The van der Waals surface area contributed by atoms with Crippen LogP contribution in [0.5, 0.6) is 0 Å². The molecule has 0 radical (unpaired) electrons. The second kappa shape index (κ2) is 8.04. The average molecular weight is 378 g/mol. The molecule has 3 aromatic rings. The van der Waals surface area contributed by atoms with Crippen LogP contribution in [0.2, 0.25) is 0 Å². The summed E-state index contributed by atoms with van der Waals surface area (Å²) in [6.45, 7) is 6.55. The number of amides is 1. The molecule has 0 spiro atoms. The third kappa shape index (κ3) is 3.93. The third-order valence-corrected chi connectivity index (χ3v) is 4.43. The average Bonchev–Trinajstić information content (AvgIpc) is 3.11. The van der Waals surface area contributed by atoms with Gasteiger partial charge in [0.2, 0.25) is 0 Å². The quantitative estimate of drug-likeness (QED) is 0.514. The van der Waals surface area contributed by atoms with Gasteiger partial charge in [0.1, 0.15) is 5.69 Å². The molecule has 1 aromatic heterocycles. The largest absolute Gasteiger partial charge is 0.351 e. The van der Waals surface area contributed by atoms with Gasteiger partial charge in [-0.1, -0.05) is 24.6 Å². The smallest absolute Gasteiger partial charge is 0.270 e. The fraction of sp³-hybridized carbons (Fsp3) is 0.238. The van der Waals surface area contributed by atoms with Crippen molar-refractivity contribution in [2.24, 2.45) is 0 Å². The van der Waals surface area contributed by atoms with Gasteiger partial charge in [-0.25, -0.2) is 4.68 Å². The Hall–Kier alpha value is -3.48. The van der Waals surface area contributed by atoms with Gasteiger partial charge in [0.25, 0.3) is 11.6 Å². The van der Waals surface area contributed by atoms with E-state index in [2.05, 4.69) is 10.4 Å². The Labute approximate surface area is 163 Å². The molecule has 1 heterocycles. The minimum Gasteiger partial charge on any atom is -0.351 e. The van der Waals surface area contributed by atoms with E-state index >= 15 is 0 Å². The van der Waals surface area contributed by atoms with Crippen molar-refractivity contribution < 1.29 is 9.72 Å². The SMILES string of the molecule is CCCNC(=O)c1cc(-c2ccc([N+](=O)[O-])cc2)nn1-c1ccc(C)cc1C. The topological polar surface area (TPSA) is 90.1 Å². The summed E-state index contributed by atoms with van der Waals surface area (Å²) in [6.07, 6.45) is 0.832. The Morgan fingerprint density at radius 1 is 1.14 bits per heavy atom. The summed E-state index contributed by atoms with van der Waals surface area (Å²) >= 11 is 0. The third-order valence-electron chi connectivity index (χ3n) is 4.43. The van der Waals surface area contributed by atoms with Crippen molar-refractivity contribution in [3.8, 4) is 16.9 Å². The standard InChI is InChI=1S/C21H22N4O3/c1-4-11-22-21(26)20-13-18(16-6-8-17(9-7-16)25(27)28)23-24(20)19-10-5-14(2)12-15(19)3/h5-10,12-13H,4,11H2,1-3H3,(H,22,26). The van der Waals surface area contributed by atoms with Crippen LogP contribution < -0.4 is 5.32 Å². The number of hydrogen-bond acceptors (Lipinski definition) is 4. The summed E-state index contributed by atoms with van der Waals surface area (Å²) in [5, 5.41) is 18.4. The van der Waals surface area contributed by atoms with Gasteiger partial charge in [0, 0.05) is 24.2 Å². The van der Waals surface area contributed by atoms with E-state index in [1.165, 1.54) is 12.1 Å². The Bertz CT molecular complexity index is 1020. The number of non-ortho nitro benzene ring substituents is 1. The molecule has 1 amide bonds. The van der Waals surface area contributed by atoms with Gasteiger partial charge in [0.15, 0.2) is 0 Å². The lowest BCUT2D eigenvalue weighted by Crippen LogP contribution is -2.26. The van der Waals surface area contributed by atoms with Crippen LogP contribution in [-0.2, 0) is 0 Å². The second-order valence-electron chi connectivity index (χ2n) is 6.68. The van der Waals surface area contributed by atoms with Crippen molar-refractivity contribution in [1.29, 1.82) is 0 Å². The number of nitrogens with one attached hydrogen (secondary N) is 1. The predicted octanol–water partition coefficient (Wildman–Crippen LogP) is 4.20. The summed E-state index contributed by atoms with van der Waals surface area (Å²) in [6, 6.07) is 13.8. The zero-order chi connectivity index (χ0) is 20.3. The lowest BCUT2D eigenvalue weighted by atomic mass is 10.1. The number of nitro groups is 1.